The number of nitrogens with zero attached hydrogens (tertiary/aromatic N) is 1. The molecule has 1 aliphatic heterocycles. The number of oxazole rings is 1. The fraction of sp³-hybridized carbons (Fsp3) is 0.769. The van der Waals surface area contributed by atoms with Crippen LogP contribution in [0.15, 0.2) is 10.6 Å². The summed E-state index contributed by atoms with van der Waals surface area (Å²) in [6.07, 6.45) is 4.24. The van der Waals surface area contributed by atoms with Gasteiger partial charge in [-0.25, -0.2) is 4.98 Å². The number of nitrogens with one attached hydrogen (secondary N) is 1. The summed E-state index contributed by atoms with van der Waals surface area (Å²) in [5.41, 5.74) is 0. The van der Waals surface area contributed by atoms with E-state index in [1.54, 1.807) is 0 Å². The Bertz CT molecular complexity index is 351. The average molecular weight is 238 g/mol. The molecule has 2 rings (SSSR count). The first-order chi connectivity index (χ1) is 8.26. The fourth-order valence-electron chi connectivity index (χ4n) is 2.44. The van der Waals surface area contributed by atoms with Crippen LogP contribution in [0.5, 0.6) is 0 Å². The highest BCUT2D eigenvalue weighted by Crippen LogP contribution is 2.33. The highest BCUT2D eigenvalue weighted by molar-refractivity contribution is 5.07. The molecule has 0 spiro atoms. The molecule has 1 aromatic rings. The second kappa shape index (κ2) is 5.65. The molecule has 3 atom stereocenters. The molecule has 3 unspecified atom stereocenters. The van der Waals surface area contributed by atoms with Gasteiger partial charge in [0.15, 0.2) is 0 Å². The quantitative estimate of drug-likeness (QED) is 0.856. The number of hydrogen-bond donors (Lipinski definition) is 1. The number of hydrogen-bond acceptors (Lipinski definition) is 4. The Balaban J connectivity index is 2.07. The van der Waals surface area contributed by atoms with Gasteiger partial charge < -0.3 is 14.5 Å². The van der Waals surface area contributed by atoms with E-state index in [1.165, 1.54) is 0 Å². The maximum atomic E-state index is 5.86. The molecule has 96 valence electrons. The van der Waals surface area contributed by atoms with Crippen molar-refractivity contribution >= 4 is 0 Å². The minimum absolute atomic E-state index is 0.177. The Morgan fingerprint density at radius 3 is 3.06 bits per heavy atom. The summed E-state index contributed by atoms with van der Waals surface area (Å²) in [5, 5.41) is 3.30. The third-order valence-corrected chi connectivity index (χ3v) is 3.40. The molecule has 17 heavy (non-hydrogen) atoms. The summed E-state index contributed by atoms with van der Waals surface area (Å²) >= 11 is 0. The maximum Gasteiger partial charge on any atom is 0.211 e. The van der Waals surface area contributed by atoms with Crippen LogP contribution in [0.3, 0.4) is 0 Å². The van der Waals surface area contributed by atoms with Crippen LogP contribution in [-0.4, -0.2) is 24.2 Å². The molecule has 1 aromatic heterocycles. The lowest BCUT2D eigenvalue weighted by atomic mass is 9.97. The number of aromatic nitrogens is 1. The Hall–Kier alpha value is -0.870. The summed E-state index contributed by atoms with van der Waals surface area (Å²) < 4.78 is 11.5. The lowest BCUT2D eigenvalue weighted by Crippen LogP contribution is -2.17. The zero-order valence-corrected chi connectivity index (χ0v) is 10.9. The molecular formula is C13H22N2O2. The predicted molar refractivity (Wildman–Crippen MR) is 66.0 cm³/mol. The molecule has 0 aliphatic carbocycles. The van der Waals surface area contributed by atoms with E-state index in [4.69, 9.17) is 9.15 Å². The van der Waals surface area contributed by atoms with Crippen LogP contribution in [0.1, 0.15) is 57.2 Å². The van der Waals surface area contributed by atoms with Crippen LogP contribution in [-0.2, 0) is 4.74 Å². The molecule has 1 saturated heterocycles. The normalized spacial score (nSPS) is 26.3. The van der Waals surface area contributed by atoms with Crippen molar-refractivity contribution in [1.29, 1.82) is 0 Å². The van der Waals surface area contributed by atoms with Crippen molar-refractivity contribution in [3.63, 3.8) is 0 Å². The van der Waals surface area contributed by atoms with Gasteiger partial charge in [-0.15, -0.1) is 0 Å². The molecule has 0 bridgehead atoms. The van der Waals surface area contributed by atoms with E-state index in [0.29, 0.717) is 12.0 Å². The van der Waals surface area contributed by atoms with Crippen LogP contribution in [0.2, 0.25) is 0 Å². The van der Waals surface area contributed by atoms with Crippen molar-refractivity contribution < 1.29 is 9.15 Å². The van der Waals surface area contributed by atoms with Crippen LogP contribution in [0.4, 0.5) is 0 Å². The minimum atomic E-state index is 0.177. The first-order valence-electron chi connectivity index (χ1n) is 6.56. The summed E-state index contributed by atoms with van der Waals surface area (Å²) in [6.45, 7) is 8.06. The lowest BCUT2D eigenvalue weighted by Gasteiger charge is -2.13. The van der Waals surface area contributed by atoms with Crippen molar-refractivity contribution in [2.45, 2.75) is 51.7 Å². The molecule has 1 aliphatic rings. The molecule has 0 aromatic carbocycles. The smallest absolute Gasteiger partial charge is 0.211 e. The standard InChI is InChI=1S/C13H22N2O2/c1-4-11-10(6-7-16-11)12-8-15-13(17-12)9(3)14-5-2/h8-11,14H,4-7H2,1-3H3. The molecule has 4 heteroatoms. The van der Waals surface area contributed by atoms with Gasteiger partial charge >= 0.3 is 0 Å². The van der Waals surface area contributed by atoms with Crippen molar-refractivity contribution in [1.82, 2.24) is 10.3 Å². The largest absolute Gasteiger partial charge is 0.444 e. The summed E-state index contributed by atoms with van der Waals surface area (Å²) in [7, 11) is 0. The number of ether oxygens (including phenoxy) is 1. The third-order valence-electron chi connectivity index (χ3n) is 3.40. The number of rotatable bonds is 5. The molecule has 0 radical (unpaired) electrons. The molecule has 1 N–H and O–H groups in total. The fourth-order valence-corrected chi connectivity index (χ4v) is 2.44. The third kappa shape index (κ3) is 2.69. The molecule has 0 saturated carbocycles. The van der Waals surface area contributed by atoms with Gasteiger partial charge in [0.25, 0.3) is 0 Å². The van der Waals surface area contributed by atoms with Gasteiger partial charge in [0, 0.05) is 12.5 Å². The van der Waals surface area contributed by atoms with Crippen LogP contribution in [0, 0.1) is 0 Å². The molecule has 0 amide bonds. The Labute approximate surface area is 103 Å². The van der Waals surface area contributed by atoms with Crippen LogP contribution >= 0.6 is 0 Å². The Morgan fingerprint density at radius 1 is 1.53 bits per heavy atom. The van der Waals surface area contributed by atoms with E-state index in [-0.39, 0.29) is 6.04 Å². The van der Waals surface area contributed by atoms with E-state index in [9.17, 15) is 0 Å². The first-order valence-corrected chi connectivity index (χ1v) is 6.56. The second-order valence-electron chi connectivity index (χ2n) is 4.59. The van der Waals surface area contributed by atoms with Gasteiger partial charge in [0.05, 0.1) is 18.3 Å². The van der Waals surface area contributed by atoms with Gasteiger partial charge in [0.2, 0.25) is 5.89 Å². The molecular weight excluding hydrogens is 216 g/mol. The molecule has 4 nitrogen and oxygen atoms in total. The van der Waals surface area contributed by atoms with Gasteiger partial charge in [0.1, 0.15) is 5.76 Å². The van der Waals surface area contributed by atoms with Gasteiger partial charge in [-0.2, -0.15) is 0 Å². The van der Waals surface area contributed by atoms with Gasteiger partial charge in [-0.1, -0.05) is 13.8 Å². The summed E-state index contributed by atoms with van der Waals surface area (Å²) in [4.78, 5) is 4.36. The van der Waals surface area contributed by atoms with E-state index < -0.39 is 0 Å². The van der Waals surface area contributed by atoms with Crippen molar-refractivity contribution in [2.24, 2.45) is 0 Å². The highest BCUT2D eigenvalue weighted by Gasteiger charge is 2.31. The van der Waals surface area contributed by atoms with E-state index in [0.717, 1.165) is 37.6 Å². The Kier molecular flexibility index (Phi) is 4.18. The van der Waals surface area contributed by atoms with Gasteiger partial charge in [-0.05, 0) is 26.3 Å². The summed E-state index contributed by atoms with van der Waals surface area (Å²) in [5.74, 6) is 2.15. The van der Waals surface area contributed by atoms with Crippen LogP contribution < -0.4 is 5.32 Å². The van der Waals surface area contributed by atoms with E-state index in [1.807, 2.05) is 6.20 Å². The van der Waals surface area contributed by atoms with Crippen LogP contribution in [0.25, 0.3) is 0 Å². The minimum Gasteiger partial charge on any atom is -0.444 e. The Morgan fingerprint density at radius 2 is 2.35 bits per heavy atom. The van der Waals surface area contributed by atoms with Crippen molar-refractivity contribution in [2.75, 3.05) is 13.2 Å². The van der Waals surface area contributed by atoms with Crippen molar-refractivity contribution in [3.8, 4) is 0 Å². The van der Waals surface area contributed by atoms with Crippen molar-refractivity contribution in [3.05, 3.63) is 17.8 Å². The lowest BCUT2D eigenvalue weighted by molar-refractivity contribution is 0.0970. The second-order valence-corrected chi connectivity index (χ2v) is 4.59. The van der Waals surface area contributed by atoms with Gasteiger partial charge in [-0.3, -0.25) is 0 Å². The maximum absolute atomic E-state index is 5.86. The molecule has 1 fully saturated rings. The SMILES string of the molecule is CCNC(C)c1ncc(C2CCOC2CC)o1. The highest BCUT2D eigenvalue weighted by atomic mass is 16.5. The van der Waals surface area contributed by atoms with E-state index >= 15 is 0 Å². The first kappa shape index (κ1) is 12.6. The predicted octanol–water partition coefficient (Wildman–Crippen LogP) is 2.63. The zero-order chi connectivity index (χ0) is 12.3. The molecule has 2 heterocycles. The summed E-state index contributed by atoms with van der Waals surface area (Å²) in [6, 6.07) is 0.177. The topological polar surface area (TPSA) is 47.3 Å². The average Bonchev–Trinajstić information content (AvgIpc) is 2.97. The zero-order valence-electron chi connectivity index (χ0n) is 10.9. The van der Waals surface area contributed by atoms with E-state index in [2.05, 4.69) is 31.1 Å². The monoisotopic (exact) mass is 238 g/mol.